The van der Waals surface area contributed by atoms with Crippen LogP contribution in [0.4, 0.5) is 5.69 Å². The van der Waals surface area contributed by atoms with Gasteiger partial charge in [-0.3, -0.25) is 9.89 Å². The Morgan fingerprint density at radius 3 is 2.41 bits per heavy atom. The van der Waals surface area contributed by atoms with Crippen molar-refractivity contribution in [2.75, 3.05) is 11.9 Å². The van der Waals surface area contributed by atoms with Crippen LogP contribution in [0.3, 0.4) is 0 Å². The molecule has 2 heterocycles. The molecule has 0 unspecified atom stereocenters. The third-order valence-corrected chi connectivity index (χ3v) is 8.69. The Morgan fingerprint density at radius 1 is 0.961 bits per heavy atom. The maximum atomic E-state index is 9.34. The fraction of sp³-hybridized carbons (Fsp3) is 0.170. The van der Waals surface area contributed by atoms with Gasteiger partial charge < -0.3 is 0 Å². The van der Waals surface area contributed by atoms with E-state index in [2.05, 4.69) is 117 Å². The van der Waals surface area contributed by atoms with E-state index in [4.69, 9.17) is 9.98 Å². The lowest BCUT2D eigenvalue weighted by Gasteiger charge is -2.26. The summed E-state index contributed by atoms with van der Waals surface area (Å²) in [5.74, 6) is 0.847. The van der Waals surface area contributed by atoms with Gasteiger partial charge >= 0.3 is 0 Å². The van der Waals surface area contributed by atoms with Crippen molar-refractivity contribution in [3.63, 3.8) is 0 Å². The van der Waals surface area contributed by atoms with E-state index in [1.165, 1.54) is 22.3 Å². The standard InChI is InChI=1S/C47H46N4/c1-7-9-11-22-41-29-31-44(46(50-41)38-18-12-10-13-19-38)51-34-40(21-15-23-45(51)49-6)39-20-14-17-35(32-39)26-30-43(47(3,4)5)42(16-8-2)37-27-24-36(33-48)25-28-37/h7-20,22-25,27-32,34H,2,21,26H2,1,3-6H3/b9-7-,22-11-,42-16-,43-30+,49-45?. The van der Waals surface area contributed by atoms with Gasteiger partial charge in [0.05, 0.1) is 28.7 Å². The van der Waals surface area contributed by atoms with E-state index < -0.39 is 0 Å². The third kappa shape index (κ3) is 9.15. The number of hydrogen-bond donors (Lipinski definition) is 0. The molecule has 0 aliphatic carbocycles. The lowest BCUT2D eigenvalue weighted by Crippen LogP contribution is -2.24. The second kappa shape index (κ2) is 17.1. The fourth-order valence-electron chi connectivity index (χ4n) is 6.16. The predicted octanol–water partition coefficient (Wildman–Crippen LogP) is 11.8. The largest absolute Gasteiger partial charge is 0.300 e. The molecule has 51 heavy (non-hydrogen) atoms. The molecule has 5 rings (SSSR count). The van der Waals surface area contributed by atoms with Crippen LogP contribution in [0.5, 0.6) is 0 Å². The summed E-state index contributed by atoms with van der Waals surface area (Å²) in [6.45, 7) is 12.7. The number of nitriles is 1. The Bertz CT molecular complexity index is 2110. The lowest BCUT2D eigenvalue weighted by molar-refractivity contribution is 0.519. The highest BCUT2D eigenvalue weighted by atomic mass is 15.2. The van der Waals surface area contributed by atoms with Crippen LogP contribution in [-0.2, 0) is 6.42 Å². The molecule has 254 valence electrons. The summed E-state index contributed by atoms with van der Waals surface area (Å²) in [4.78, 5) is 12.0. The van der Waals surface area contributed by atoms with Gasteiger partial charge in [-0.2, -0.15) is 5.26 Å². The second-order valence-corrected chi connectivity index (χ2v) is 13.3. The van der Waals surface area contributed by atoms with Gasteiger partial charge in [0.2, 0.25) is 0 Å². The van der Waals surface area contributed by atoms with E-state index in [9.17, 15) is 5.26 Å². The van der Waals surface area contributed by atoms with E-state index >= 15 is 0 Å². The molecule has 4 nitrogen and oxygen atoms in total. The van der Waals surface area contributed by atoms with Crippen molar-refractivity contribution in [2.24, 2.45) is 10.4 Å². The normalized spacial score (nSPS) is 14.9. The van der Waals surface area contributed by atoms with Gasteiger partial charge in [-0.05, 0) is 95.0 Å². The number of rotatable bonds is 10. The van der Waals surface area contributed by atoms with Gasteiger partial charge in [0.25, 0.3) is 0 Å². The molecule has 0 N–H and O–H groups in total. The van der Waals surface area contributed by atoms with Crippen molar-refractivity contribution < 1.29 is 0 Å². The van der Waals surface area contributed by atoms with Crippen molar-refractivity contribution >= 4 is 28.7 Å². The van der Waals surface area contributed by atoms with Gasteiger partial charge in [0.1, 0.15) is 5.84 Å². The van der Waals surface area contributed by atoms with Crippen LogP contribution in [0, 0.1) is 16.7 Å². The topological polar surface area (TPSA) is 52.3 Å². The molecule has 0 radical (unpaired) electrons. The van der Waals surface area contributed by atoms with Crippen LogP contribution in [0.1, 0.15) is 62.1 Å². The van der Waals surface area contributed by atoms with Crippen LogP contribution in [-0.4, -0.2) is 17.9 Å². The molecule has 1 aliphatic rings. The molecule has 1 aromatic heterocycles. The SMILES string of the molecule is C=C/C=C(\C(=C/Cc1cccc(C2=CN(c3ccc(/C=C\C=C/C)nc3-c3ccccc3)C(=NC)C=CC2)c1)C(C)(C)C)c1ccc(C#N)cc1. The van der Waals surface area contributed by atoms with Gasteiger partial charge in [-0.1, -0.05) is 137 Å². The number of aromatic nitrogens is 1. The Morgan fingerprint density at radius 2 is 1.73 bits per heavy atom. The van der Waals surface area contributed by atoms with E-state index in [-0.39, 0.29) is 5.41 Å². The van der Waals surface area contributed by atoms with Crippen molar-refractivity contribution in [2.45, 2.75) is 40.5 Å². The number of nitrogens with zero attached hydrogens (tertiary/aromatic N) is 4. The zero-order valence-electron chi connectivity index (χ0n) is 30.3. The van der Waals surface area contributed by atoms with Crippen molar-refractivity contribution in [3.05, 3.63) is 186 Å². The van der Waals surface area contributed by atoms with Crippen LogP contribution in [0.2, 0.25) is 0 Å². The first-order chi connectivity index (χ1) is 24.7. The Labute approximate surface area is 304 Å². The molecule has 0 bridgehead atoms. The minimum atomic E-state index is -0.117. The van der Waals surface area contributed by atoms with Crippen molar-refractivity contribution in [1.29, 1.82) is 5.26 Å². The molecular weight excluding hydrogens is 621 g/mol. The Hall–Kier alpha value is -6.05. The maximum absolute atomic E-state index is 9.34. The van der Waals surface area contributed by atoms with E-state index in [0.717, 1.165) is 52.5 Å². The second-order valence-electron chi connectivity index (χ2n) is 13.3. The molecule has 3 aromatic carbocycles. The van der Waals surface area contributed by atoms with Crippen molar-refractivity contribution in [1.82, 2.24) is 4.98 Å². The first-order valence-corrected chi connectivity index (χ1v) is 17.4. The average Bonchev–Trinajstić information content (AvgIpc) is 3.37. The molecule has 0 spiro atoms. The molecule has 4 aromatic rings. The van der Waals surface area contributed by atoms with E-state index in [0.29, 0.717) is 5.56 Å². The van der Waals surface area contributed by atoms with E-state index in [1.54, 1.807) is 0 Å². The zero-order valence-corrected chi connectivity index (χ0v) is 30.3. The number of hydrogen-bond acceptors (Lipinski definition) is 3. The quantitative estimate of drug-likeness (QED) is 0.158. The van der Waals surface area contributed by atoms with Crippen LogP contribution in [0.25, 0.3) is 28.5 Å². The summed E-state index contributed by atoms with van der Waals surface area (Å²) in [6.07, 6.45) is 22.3. The smallest absolute Gasteiger partial charge is 0.131 e. The summed E-state index contributed by atoms with van der Waals surface area (Å²) < 4.78 is 0. The summed E-state index contributed by atoms with van der Waals surface area (Å²) >= 11 is 0. The first kappa shape index (κ1) is 36.2. The third-order valence-electron chi connectivity index (χ3n) is 8.69. The fourth-order valence-corrected chi connectivity index (χ4v) is 6.16. The number of amidine groups is 1. The molecule has 0 saturated carbocycles. The van der Waals surface area contributed by atoms with Gasteiger partial charge in [-0.15, -0.1) is 0 Å². The summed E-state index contributed by atoms with van der Waals surface area (Å²) in [5, 5.41) is 9.34. The average molecular weight is 667 g/mol. The molecule has 0 saturated heterocycles. The molecule has 1 aliphatic heterocycles. The number of pyridine rings is 1. The number of aliphatic imine (C=N–C) groups is 1. The summed E-state index contributed by atoms with van der Waals surface area (Å²) in [5.41, 5.74) is 11.3. The summed E-state index contributed by atoms with van der Waals surface area (Å²) in [6, 6.07) is 33.4. The number of allylic oxidation sites excluding steroid dienone is 10. The molecule has 0 fully saturated rings. The molecular formula is C47H46N4. The number of benzene rings is 3. The Kier molecular flexibility index (Phi) is 12.1. The predicted molar refractivity (Wildman–Crippen MR) is 218 cm³/mol. The van der Waals surface area contributed by atoms with Crippen LogP contribution in [0.15, 0.2) is 163 Å². The maximum Gasteiger partial charge on any atom is 0.131 e. The van der Waals surface area contributed by atoms with Gasteiger partial charge in [0, 0.05) is 18.8 Å². The molecule has 0 amide bonds. The van der Waals surface area contributed by atoms with E-state index in [1.807, 2.05) is 86.8 Å². The highest BCUT2D eigenvalue weighted by Crippen LogP contribution is 2.38. The zero-order chi connectivity index (χ0) is 36.2. The Balaban J connectivity index is 1.54. The lowest BCUT2D eigenvalue weighted by atomic mass is 9.78. The molecule has 4 heteroatoms. The van der Waals surface area contributed by atoms with Gasteiger partial charge in [0.15, 0.2) is 0 Å². The summed E-state index contributed by atoms with van der Waals surface area (Å²) in [7, 11) is 1.84. The van der Waals surface area contributed by atoms with Crippen molar-refractivity contribution in [3.8, 4) is 17.3 Å². The first-order valence-electron chi connectivity index (χ1n) is 17.4. The monoisotopic (exact) mass is 666 g/mol. The minimum Gasteiger partial charge on any atom is -0.300 e. The van der Waals surface area contributed by atoms with Gasteiger partial charge in [-0.25, -0.2) is 4.98 Å². The highest BCUT2D eigenvalue weighted by molar-refractivity contribution is 6.10. The minimum absolute atomic E-state index is 0.117. The van der Waals surface area contributed by atoms with Crippen LogP contribution >= 0.6 is 0 Å². The van der Waals surface area contributed by atoms with Crippen LogP contribution < -0.4 is 4.90 Å². The molecule has 0 atom stereocenters. The highest BCUT2D eigenvalue weighted by Gasteiger charge is 2.22. The number of anilines is 1.